The highest BCUT2D eigenvalue weighted by Crippen LogP contribution is 2.22. The monoisotopic (exact) mass is 204 g/mol. The minimum Gasteiger partial charge on any atom is -0.385 e. The van der Waals surface area contributed by atoms with Crippen LogP contribution in [0.5, 0.6) is 0 Å². The smallest absolute Gasteiger partial charge is 0.0648 e. The standard InChI is InChI=1S/C8H18O.C4H10O/c1-6-7(2)8(3,4)9-5;1-3-4-5-2/h7H,6H2,1-5H3;3-4H2,1-2H3. The van der Waals surface area contributed by atoms with E-state index < -0.39 is 0 Å². The summed E-state index contributed by atoms with van der Waals surface area (Å²) in [4.78, 5) is 0. The molecule has 0 heterocycles. The van der Waals surface area contributed by atoms with Crippen LogP contribution in [-0.4, -0.2) is 26.4 Å². The topological polar surface area (TPSA) is 18.5 Å². The molecule has 2 heteroatoms. The molecule has 0 aromatic heterocycles. The fraction of sp³-hybridized carbons (Fsp3) is 1.00. The molecule has 0 amide bonds. The highest BCUT2D eigenvalue weighted by molar-refractivity contribution is 4.73. The Balaban J connectivity index is 0. The van der Waals surface area contributed by atoms with E-state index in [1.165, 1.54) is 6.42 Å². The Morgan fingerprint density at radius 1 is 1.14 bits per heavy atom. The lowest BCUT2D eigenvalue weighted by molar-refractivity contribution is -0.0228. The largest absolute Gasteiger partial charge is 0.385 e. The van der Waals surface area contributed by atoms with Gasteiger partial charge in [0.05, 0.1) is 5.60 Å². The number of rotatable bonds is 5. The summed E-state index contributed by atoms with van der Waals surface area (Å²) in [5.41, 5.74) is 0.0503. The second-order valence-corrected chi connectivity index (χ2v) is 4.11. The van der Waals surface area contributed by atoms with E-state index in [0.29, 0.717) is 5.92 Å². The minimum atomic E-state index is 0.0503. The Labute approximate surface area is 90.0 Å². The number of methoxy groups -OCH3 is 2. The molecule has 0 aromatic rings. The Morgan fingerprint density at radius 3 is 1.71 bits per heavy atom. The molecule has 0 saturated carbocycles. The van der Waals surface area contributed by atoms with Crippen molar-refractivity contribution in [2.24, 2.45) is 5.92 Å². The van der Waals surface area contributed by atoms with Crippen LogP contribution in [-0.2, 0) is 9.47 Å². The van der Waals surface area contributed by atoms with Crippen molar-refractivity contribution in [3.05, 3.63) is 0 Å². The zero-order valence-corrected chi connectivity index (χ0v) is 11.0. The molecule has 14 heavy (non-hydrogen) atoms. The van der Waals surface area contributed by atoms with Crippen molar-refractivity contribution >= 4 is 0 Å². The van der Waals surface area contributed by atoms with Gasteiger partial charge < -0.3 is 9.47 Å². The lowest BCUT2D eigenvalue weighted by Crippen LogP contribution is -2.30. The molecule has 2 nitrogen and oxygen atoms in total. The third kappa shape index (κ3) is 8.52. The van der Waals surface area contributed by atoms with Crippen LogP contribution in [0.2, 0.25) is 0 Å². The lowest BCUT2D eigenvalue weighted by Gasteiger charge is -2.29. The predicted molar refractivity (Wildman–Crippen MR) is 62.7 cm³/mol. The molecule has 0 rings (SSSR count). The van der Waals surface area contributed by atoms with Crippen molar-refractivity contribution in [1.82, 2.24) is 0 Å². The minimum absolute atomic E-state index is 0.0503. The molecule has 0 aliphatic heterocycles. The predicted octanol–water partition coefficient (Wildman–Crippen LogP) is 3.50. The molecule has 0 bridgehead atoms. The maximum Gasteiger partial charge on any atom is 0.0648 e. The first kappa shape index (κ1) is 16.4. The quantitative estimate of drug-likeness (QED) is 0.682. The van der Waals surface area contributed by atoms with E-state index >= 15 is 0 Å². The maximum absolute atomic E-state index is 5.29. The van der Waals surface area contributed by atoms with Crippen molar-refractivity contribution in [3.8, 4) is 0 Å². The molecule has 0 spiro atoms. The molecule has 1 atom stereocenters. The molecule has 0 radical (unpaired) electrons. The van der Waals surface area contributed by atoms with Gasteiger partial charge in [0, 0.05) is 20.8 Å². The van der Waals surface area contributed by atoms with Crippen LogP contribution < -0.4 is 0 Å². The van der Waals surface area contributed by atoms with E-state index in [-0.39, 0.29) is 5.60 Å². The Bertz CT molecular complexity index is 109. The van der Waals surface area contributed by atoms with Crippen molar-refractivity contribution in [1.29, 1.82) is 0 Å². The van der Waals surface area contributed by atoms with Gasteiger partial charge in [0.1, 0.15) is 0 Å². The second kappa shape index (κ2) is 9.47. The van der Waals surface area contributed by atoms with E-state index in [1.54, 1.807) is 14.2 Å². The van der Waals surface area contributed by atoms with E-state index in [9.17, 15) is 0 Å². The first-order valence-electron chi connectivity index (χ1n) is 5.50. The summed E-state index contributed by atoms with van der Waals surface area (Å²) in [7, 11) is 3.48. The number of hydrogen-bond acceptors (Lipinski definition) is 2. The van der Waals surface area contributed by atoms with Crippen molar-refractivity contribution < 1.29 is 9.47 Å². The highest BCUT2D eigenvalue weighted by atomic mass is 16.5. The molecule has 88 valence electrons. The Kier molecular flexibility index (Phi) is 11.1. The first-order chi connectivity index (χ1) is 6.46. The van der Waals surface area contributed by atoms with Gasteiger partial charge in [-0.05, 0) is 26.2 Å². The lowest BCUT2D eigenvalue weighted by atomic mass is 9.90. The van der Waals surface area contributed by atoms with E-state index in [0.717, 1.165) is 13.0 Å². The van der Waals surface area contributed by atoms with Crippen LogP contribution >= 0.6 is 0 Å². The summed E-state index contributed by atoms with van der Waals surface area (Å²) in [6.45, 7) is 11.6. The molecular weight excluding hydrogens is 176 g/mol. The zero-order chi connectivity index (χ0) is 11.6. The van der Waals surface area contributed by atoms with Crippen molar-refractivity contribution in [2.75, 3.05) is 20.8 Å². The summed E-state index contributed by atoms with van der Waals surface area (Å²) >= 11 is 0. The maximum atomic E-state index is 5.29. The van der Waals surface area contributed by atoms with E-state index in [2.05, 4.69) is 34.6 Å². The van der Waals surface area contributed by atoms with E-state index in [1.807, 2.05) is 0 Å². The van der Waals surface area contributed by atoms with Gasteiger partial charge in [-0.15, -0.1) is 0 Å². The van der Waals surface area contributed by atoms with Crippen LogP contribution in [0.15, 0.2) is 0 Å². The third-order valence-corrected chi connectivity index (χ3v) is 2.73. The molecule has 0 saturated heterocycles. The van der Waals surface area contributed by atoms with Gasteiger partial charge in [0.2, 0.25) is 0 Å². The normalized spacial score (nSPS) is 13.1. The molecule has 1 unspecified atom stereocenters. The van der Waals surface area contributed by atoms with Gasteiger partial charge in [-0.2, -0.15) is 0 Å². The molecule has 0 aromatic carbocycles. The van der Waals surface area contributed by atoms with Crippen LogP contribution in [0.1, 0.15) is 47.5 Å². The zero-order valence-electron chi connectivity index (χ0n) is 11.0. The molecule has 0 aliphatic rings. The van der Waals surface area contributed by atoms with Crippen molar-refractivity contribution in [2.45, 2.75) is 53.1 Å². The highest BCUT2D eigenvalue weighted by Gasteiger charge is 2.22. The number of ether oxygens (including phenoxy) is 2. The summed E-state index contributed by atoms with van der Waals surface area (Å²) in [6, 6.07) is 0. The molecule has 0 fully saturated rings. The van der Waals surface area contributed by atoms with Gasteiger partial charge in [0.25, 0.3) is 0 Å². The average Bonchev–Trinajstić information content (AvgIpc) is 2.18. The fourth-order valence-corrected chi connectivity index (χ4v) is 0.897. The molecular formula is C12H28O2. The summed E-state index contributed by atoms with van der Waals surface area (Å²) < 4.78 is 9.98. The average molecular weight is 204 g/mol. The molecule has 0 aliphatic carbocycles. The number of hydrogen-bond donors (Lipinski definition) is 0. The first-order valence-corrected chi connectivity index (χ1v) is 5.50. The Morgan fingerprint density at radius 2 is 1.64 bits per heavy atom. The van der Waals surface area contributed by atoms with Crippen molar-refractivity contribution in [3.63, 3.8) is 0 Å². The van der Waals surface area contributed by atoms with Gasteiger partial charge in [0.15, 0.2) is 0 Å². The van der Waals surface area contributed by atoms with E-state index in [4.69, 9.17) is 9.47 Å². The van der Waals surface area contributed by atoms with Crippen LogP contribution in [0.25, 0.3) is 0 Å². The molecule has 0 N–H and O–H groups in total. The van der Waals surface area contributed by atoms with Gasteiger partial charge in [-0.3, -0.25) is 0 Å². The second-order valence-electron chi connectivity index (χ2n) is 4.11. The van der Waals surface area contributed by atoms with Crippen LogP contribution in [0.3, 0.4) is 0 Å². The van der Waals surface area contributed by atoms with Crippen LogP contribution in [0, 0.1) is 5.92 Å². The van der Waals surface area contributed by atoms with Gasteiger partial charge in [-0.1, -0.05) is 27.2 Å². The Hall–Kier alpha value is -0.0800. The van der Waals surface area contributed by atoms with Gasteiger partial charge >= 0.3 is 0 Å². The summed E-state index contributed by atoms with van der Waals surface area (Å²) in [5, 5.41) is 0. The van der Waals surface area contributed by atoms with Gasteiger partial charge in [-0.25, -0.2) is 0 Å². The SMILES string of the molecule is CCC(C)C(C)(C)OC.CCCOC. The summed E-state index contributed by atoms with van der Waals surface area (Å²) in [5.74, 6) is 0.641. The third-order valence-electron chi connectivity index (χ3n) is 2.73. The van der Waals surface area contributed by atoms with Crippen LogP contribution in [0.4, 0.5) is 0 Å². The fourth-order valence-electron chi connectivity index (χ4n) is 0.897. The summed E-state index contributed by atoms with van der Waals surface area (Å²) in [6.07, 6.45) is 2.30.